The molecule has 2 aliphatic heterocycles. The van der Waals surface area contributed by atoms with E-state index in [0.717, 1.165) is 56.7 Å². The number of sulfonamides is 1. The Labute approximate surface area is 182 Å². The minimum absolute atomic E-state index is 0.0615. The molecule has 2 aromatic rings. The van der Waals surface area contributed by atoms with E-state index in [0.29, 0.717) is 36.4 Å². The zero-order valence-corrected chi connectivity index (χ0v) is 18.5. The lowest BCUT2D eigenvalue weighted by atomic mass is 9.86. The molecule has 1 aliphatic carbocycles. The topological polar surface area (TPSA) is 77.3 Å². The van der Waals surface area contributed by atoms with Crippen molar-refractivity contribution in [3.05, 3.63) is 34.9 Å². The second kappa shape index (κ2) is 8.13. The third kappa shape index (κ3) is 3.74. The molecule has 0 N–H and O–H groups in total. The van der Waals surface area contributed by atoms with Crippen LogP contribution < -0.4 is 4.74 Å². The molecule has 162 valence electrons. The van der Waals surface area contributed by atoms with Gasteiger partial charge >= 0.3 is 0 Å². The molecule has 0 radical (unpaired) electrons. The van der Waals surface area contributed by atoms with Crippen LogP contribution in [0.4, 0.5) is 0 Å². The summed E-state index contributed by atoms with van der Waals surface area (Å²) in [6.45, 7) is 2.39. The van der Waals surface area contributed by atoms with Gasteiger partial charge in [-0.15, -0.1) is 10.2 Å². The van der Waals surface area contributed by atoms with Crippen molar-refractivity contribution in [2.75, 3.05) is 19.7 Å². The number of hydrogen-bond donors (Lipinski definition) is 0. The van der Waals surface area contributed by atoms with Crippen LogP contribution in [0.1, 0.15) is 56.1 Å². The molecule has 1 saturated heterocycles. The van der Waals surface area contributed by atoms with Crippen LogP contribution in [0.15, 0.2) is 23.1 Å². The van der Waals surface area contributed by atoms with Crippen molar-refractivity contribution in [2.24, 2.45) is 5.92 Å². The maximum absolute atomic E-state index is 13.6. The van der Waals surface area contributed by atoms with E-state index < -0.39 is 10.0 Å². The Kier molecular flexibility index (Phi) is 5.49. The van der Waals surface area contributed by atoms with Crippen molar-refractivity contribution in [3.8, 4) is 5.75 Å². The highest BCUT2D eigenvalue weighted by molar-refractivity contribution is 7.89. The van der Waals surface area contributed by atoms with Crippen LogP contribution in [0.3, 0.4) is 0 Å². The molecule has 7 nitrogen and oxygen atoms in total. The molecule has 3 aliphatic rings. The lowest BCUT2D eigenvalue weighted by Crippen LogP contribution is -2.40. The van der Waals surface area contributed by atoms with Gasteiger partial charge in [-0.3, -0.25) is 0 Å². The zero-order chi connectivity index (χ0) is 20.7. The van der Waals surface area contributed by atoms with E-state index in [9.17, 15) is 8.42 Å². The van der Waals surface area contributed by atoms with Gasteiger partial charge in [-0.05, 0) is 56.2 Å². The predicted octanol–water partition coefficient (Wildman–Crippen LogP) is 3.62. The first-order valence-electron chi connectivity index (χ1n) is 10.9. The van der Waals surface area contributed by atoms with Crippen LogP contribution in [0, 0.1) is 5.92 Å². The molecule has 3 heterocycles. The summed E-state index contributed by atoms with van der Waals surface area (Å²) in [5, 5.41) is 9.09. The van der Waals surface area contributed by atoms with Gasteiger partial charge in [0.25, 0.3) is 0 Å². The van der Waals surface area contributed by atoms with E-state index in [1.54, 1.807) is 16.4 Å². The quantitative estimate of drug-likeness (QED) is 0.671. The minimum atomic E-state index is -3.72. The molecule has 1 atom stereocenters. The number of piperidine rings is 1. The van der Waals surface area contributed by atoms with Crippen LogP contribution >= 0.6 is 11.6 Å². The van der Waals surface area contributed by atoms with E-state index in [2.05, 4.69) is 14.8 Å². The zero-order valence-electron chi connectivity index (χ0n) is 17.0. The second-order valence-electron chi connectivity index (χ2n) is 8.63. The van der Waals surface area contributed by atoms with Gasteiger partial charge < -0.3 is 9.30 Å². The summed E-state index contributed by atoms with van der Waals surface area (Å²) < 4.78 is 36.8. The van der Waals surface area contributed by atoms with Crippen LogP contribution in [-0.2, 0) is 23.0 Å². The number of ether oxygens (including phenoxy) is 1. The second-order valence-corrected chi connectivity index (χ2v) is 11.0. The SMILES string of the molecule is O=S(=O)(c1cc(Cl)ccc1OCC1CCC1)N1CCCC(c2nnc3n2CCC3)C1. The average molecular weight is 451 g/mol. The summed E-state index contributed by atoms with van der Waals surface area (Å²) in [7, 11) is -3.72. The van der Waals surface area contributed by atoms with Crippen LogP contribution in [0.2, 0.25) is 5.02 Å². The number of hydrogen-bond acceptors (Lipinski definition) is 5. The summed E-state index contributed by atoms with van der Waals surface area (Å²) in [6.07, 6.45) is 7.26. The number of nitrogens with zero attached hydrogens (tertiary/aromatic N) is 4. The van der Waals surface area contributed by atoms with E-state index in [4.69, 9.17) is 16.3 Å². The fourth-order valence-electron chi connectivity index (χ4n) is 4.66. The Bertz CT molecular complexity index is 1030. The number of aryl methyl sites for hydroxylation is 1. The fourth-order valence-corrected chi connectivity index (χ4v) is 6.57. The maximum Gasteiger partial charge on any atom is 0.246 e. The molecule has 1 aromatic heterocycles. The number of rotatable bonds is 6. The number of benzene rings is 1. The van der Waals surface area contributed by atoms with Crippen LogP contribution in [0.25, 0.3) is 0 Å². The summed E-state index contributed by atoms with van der Waals surface area (Å²) in [5.41, 5.74) is 0. The Hall–Kier alpha value is -1.64. The Morgan fingerprint density at radius 1 is 1.10 bits per heavy atom. The third-order valence-corrected chi connectivity index (χ3v) is 8.73. The minimum Gasteiger partial charge on any atom is -0.492 e. The Morgan fingerprint density at radius 2 is 1.97 bits per heavy atom. The molecular weight excluding hydrogens is 424 g/mol. The Balaban J connectivity index is 1.39. The first kappa shape index (κ1) is 20.3. The van der Waals surface area contributed by atoms with Crippen molar-refractivity contribution in [2.45, 2.75) is 62.3 Å². The smallest absolute Gasteiger partial charge is 0.246 e. The Morgan fingerprint density at radius 3 is 2.77 bits per heavy atom. The van der Waals surface area contributed by atoms with Gasteiger partial charge in [0.1, 0.15) is 22.3 Å². The summed E-state index contributed by atoms with van der Waals surface area (Å²) in [6, 6.07) is 4.89. The molecule has 5 rings (SSSR count). The van der Waals surface area contributed by atoms with Crippen LogP contribution in [0.5, 0.6) is 5.75 Å². The van der Waals surface area contributed by atoms with Crippen molar-refractivity contribution in [1.82, 2.24) is 19.1 Å². The summed E-state index contributed by atoms with van der Waals surface area (Å²) in [4.78, 5) is 0.168. The molecule has 30 heavy (non-hydrogen) atoms. The third-order valence-electron chi connectivity index (χ3n) is 6.61. The fraction of sp³-hybridized carbons (Fsp3) is 0.619. The molecule has 1 aromatic carbocycles. The summed E-state index contributed by atoms with van der Waals surface area (Å²) in [5.74, 6) is 2.93. The van der Waals surface area contributed by atoms with E-state index >= 15 is 0 Å². The average Bonchev–Trinajstić information content (AvgIpc) is 3.31. The first-order chi connectivity index (χ1) is 14.5. The molecule has 9 heteroatoms. The molecule has 1 saturated carbocycles. The van der Waals surface area contributed by atoms with Crippen molar-refractivity contribution in [1.29, 1.82) is 0 Å². The summed E-state index contributed by atoms with van der Waals surface area (Å²) >= 11 is 6.18. The van der Waals surface area contributed by atoms with Gasteiger partial charge in [0.2, 0.25) is 10.0 Å². The van der Waals surface area contributed by atoms with E-state index in [1.165, 1.54) is 12.5 Å². The highest BCUT2D eigenvalue weighted by Crippen LogP contribution is 2.36. The van der Waals surface area contributed by atoms with Crippen molar-refractivity contribution < 1.29 is 13.2 Å². The normalized spacial score (nSPS) is 22.6. The van der Waals surface area contributed by atoms with Gasteiger partial charge in [0, 0.05) is 37.0 Å². The molecule has 0 bridgehead atoms. The van der Waals surface area contributed by atoms with Crippen LogP contribution in [-0.4, -0.2) is 47.2 Å². The highest BCUT2D eigenvalue weighted by Gasteiger charge is 2.36. The number of fused-ring (bicyclic) bond motifs is 1. The molecule has 0 spiro atoms. The lowest BCUT2D eigenvalue weighted by Gasteiger charge is -2.32. The van der Waals surface area contributed by atoms with Gasteiger partial charge in [-0.2, -0.15) is 4.31 Å². The van der Waals surface area contributed by atoms with Gasteiger partial charge in [0.15, 0.2) is 0 Å². The molecule has 1 unspecified atom stereocenters. The highest BCUT2D eigenvalue weighted by atomic mass is 35.5. The molecule has 2 fully saturated rings. The first-order valence-corrected chi connectivity index (χ1v) is 12.7. The van der Waals surface area contributed by atoms with E-state index in [-0.39, 0.29) is 10.8 Å². The van der Waals surface area contributed by atoms with Gasteiger partial charge in [0.05, 0.1) is 6.61 Å². The molecule has 0 amide bonds. The monoisotopic (exact) mass is 450 g/mol. The molecular formula is C21H27ClN4O3S. The largest absolute Gasteiger partial charge is 0.492 e. The lowest BCUT2D eigenvalue weighted by molar-refractivity contribution is 0.177. The maximum atomic E-state index is 13.6. The van der Waals surface area contributed by atoms with Gasteiger partial charge in [-0.25, -0.2) is 8.42 Å². The number of halogens is 1. The van der Waals surface area contributed by atoms with Crippen molar-refractivity contribution in [3.63, 3.8) is 0 Å². The number of aromatic nitrogens is 3. The standard InChI is InChI=1S/C21H27ClN4O3S/c22-17-8-9-18(29-14-15-4-1-5-15)19(12-17)30(27,28)25-10-2-6-16(13-25)21-24-23-20-7-3-11-26(20)21/h8-9,12,15-16H,1-7,10-11,13-14H2. The predicted molar refractivity (Wildman–Crippen MR) is 113 cm³/mol. The van der Waals surface area contributed by atoms with E-state index in [1.807, 2.05) is 0 Å². The van der Waals surface area contributed by atoms with Crippen molar-refractivity contribution >= 4 is 21.6 Å². The van der Waals surface area contributed by atoms with Gasteiger partial charge in [-0.1, -0.05) is 18.0 Å².